The molecule has 19 heavy (non-hydrogen) atoms. The molecule has 100 valence electrons. The van der Waals surface area contributed by atoms with E-state index in [1.54, 1.807) is 6.26 Å². The largest absolute Gasteiger partial charge is 0.472 e. The number of rotatable bonds is 4. The molecule has 0 spiro atoms. The van der Waals surface area contributed by atoms with E-state index >= 15 is 0 Å². The maximum atomic E-state index is 5.17. The zero-order chi connectivity index (χ0) is 13.1. The first kappa shape index (κ1) is 12.5. The van der Waals surface area contributed by atoms with E-state index in [4.69, 9.17) is 4.42 Å². The number of likely N-dealkylation sites (tertiary alicyclic amines) is 1. The van der Waals surface area contributed by atoms with Gasteiger partial charge in [0, 0.05) is 12.1 Å². The molecule has 0 bridgehead atoms. The van der Waals surface area contributed by atoms with Gasteiger partial charge in [-0.05, 0) is 49.0 Å². The van der Waals surface area contributed by atoms with Gasteiger partial charge in [-0.15, -0.1) is 0 Å². The number of furan rings is 1. The minimum Gasteiger partial charge on any atom is -0.472 e. The van der Waals surface area contributed by atoms with Crippen LogP contribution in [-0.2, 0) is 0 Å². The molecule has 2 heterocycles. The zero-order valence-electron chi connectivity index (χ0n) is 11.5. The monoisotopic (exact) mass is 255 g/mol. The summed E-state index contributed by atoms with van der Waals surface area (Å²) in [6.07, 6.45) is 6.27. The van der Waals surface area contributed by atoms with E-state index in [-0.39, 0.29) is 0 Å². The van der Waals surface area contributed by atoms with Crippen LogP contribution in [0.2, 0.25) is 0 Å². The van der Waals surface area contributed by atoms with Gasteiger partial charge in [0.15, 0.2) is 0 Å². The van der Waals surface area contributed by atoms with Gasteiger partial charge in [-0.2, -0.15) is 0 Å². The first-order valence-corrected chi connectivity index (χ1v) is 7.18. The summed E-state index contributed by atoms with van der Waals surface area (Å²) in [7, 11) is 0. The number of hydrogen-bond acceptors (Lipinski definition) is 2. The number of nitrogens with zero attached hydrogens (tertiary/aromatic N) is 1. The van der Waals surface area contributed by atoms with Gasteiger partial charge in [0.05, 0.1) is 12.5 Å². The molecular weight excluding hydrogens is 234 g/mol. The lowest BCUT2D eigenvalue weighted by Gasteiger charge is -2.20. The first-order chi connectivity index (χ1) is 9.33. The van der Waals surface area contributed by atoms with Crippen molar-refractivity contribution in [3.8, 4) is 11.1 Å². The molecule has 0 N–H and O–H groups in total. The summed E-state index contributed by atoms with van der Waals surface area (Å²) in [5.41, 5.74) is 3.83. The van der Waals surface area contributed by atoms with E-state index in [1.807, 2.05) is 12.3 Å². The van der Waals surface area contributed by atoms with Gasteiger partial charge >= 0.3 is 0 Å². The Kier molecular flexibility index (Phi) is 3.69. The molecule has 2 nitrogen and oxygen atoms in total. The fourth-order valence-corrected chi connectivity index (χ4v) is 2.91. The van der Waals surface area contributed by atoms with Crippen LogP contribution in [-0.4, -0.2) is 24.5 Å². The Morgan fingerprint density at radius 2 is 2.00 bits per heavy atom. The third-order valence-electron chi connectivity index (χ3n) is 4.04. The van der Waals surface area contributed by atoms with Crippen molar-refractivity contribution in [1.29, 1.82) is 0 Å². The van der Waals surface area contributed by atoms with Crippen molar-refractivity contribution in [2.24, 2.45) is 0 Å². The first-order valence-electron chi connectivity index (χ1n) is 7.18. The molecule has 1 aromatic heterocycles. The lowest BCUT2D eigenvalue weighted by atomic mass is 9.97. The number of hydrogen-bond donors (Lipinski definition) is 0. The smallest absolute Gasteiger partial charge is 0.0980 e. The molecule has 1 aliphatic rings. The van der Waals surface area contributed by atoms with Crippen LogP contribution in [0.4, 0.5) is 0 Å². The number of benzene rings is 1. The third-order valence-corrected chi connectivity index (χ3v) is 4.04. The Balaban J connectivity index is 1.75. The lowest BCUT2D eigenvalue weighted by molar-refractivity contribution is 0.321. The molecule has 0 saturated carbocycles. The van der Waals surface area contributed by atoms with Gasteiger partial charge in [-0.25, -0.2) is 0 Å². The van der Waals surface area contributed by atoms with Crippen LogP contribution in [0.25, 0.3) is 11.1 Å². The highest BCUT2D eigenvalue weighted by atomic mass is 16.3. The highest BCUT2D eigenvalue weighted by molar-refractivity contribution is 5.62. The predicted octanol–water partition coefficient (Wildman–Crippen LogP) is 4.15. The predicted molar refractivity (Wildman–Crippen MR) is 78.2 cm³/mol. The van der Waals surface area contributed by atoms with Crippen LogP contribution in [0, 0.1) is 0 Å². The molecule has 2 heteroatoms. The van der Waals surface area contributed by atoms with Crippen molar-refractivity contribution in [3.63, 3.8) is 0 Å². The second kappa shape index (κ2) is 5.62. The zero-order valence-corrected chi connectivity index (χ0v) is 11.5. The normalized spacial score (nSPS) is 17.7. The second-order valence-corrected chi connectivity index (χ2v) is 5.55. The van der Waals surface area contributed by atoms with Crippen LogP contribution in [0.5, 0.6) is 0 Å². The maximum Gasteiger partial charge on any atom is 0.0980 e. The summed E-state index contributed by atoms with van der Waals surface area (Å²) in [6, 6.07) is 10.9. The fourth-order valence-electron chi connectivity index (χ4n) is 2.91. The Labute approximate surface area is 115 Å². The van der Waals surface area contributed by atoms with E-state index in [9.17, 15) is 0 Å². The minimum absolute atomic E-state index is 0.588. The van der Waals surface area contributed by atoms with Crippen molar-refractivity contribution in [2.45, 2.75) is 25.7 Å². The topological polar surface area (TPSA) is 16.4 Å². The van der Waals surface area contributed by atoms with E-state index in [1.165, 1.54) is 43.6 Å². The van der Waals surface area contributed by atoms with Gasteiger partial charge < -0.3 is 9.32 Å². The molecule has 1 fully saturated rings. The van der Waals surface area contributed by atoms with Crippen LogP contribution in [0.3, 0.4) is 0 Å². The van der Waals surface area contributed by atoms with Crippen LogP contribution in [0.15, 0.2) is 47.3 Å². The Bertz CT molecular complexity index is 512. The van der Waals surface area contributed by atoms with Crippen molar-refractivity contribution >= 4 is 0 Å². The van der Waals surface area contributed by atoms with Crippen LogP contribution in [0.1, 0.15) is 31.2 Å². The van der Waals surface area contributed by atoms with Gasteiger partial charge in [-0.1, -0.05) is 31.2 Å². The summed E-state index contributed by atoms with van der Waals surface area (Å²) >= 11 is 0. The summed E-state index contributed by atoms with van der Waals surface area (Å²) in [5.74, 6) is 0.588. The van der Waals surface area contributed by atoms with Crippen molar-refractivity contribution in [2.75, 3.05) is 19.6 Å². The molecule has 1 aliphatic heterocycles. The van der Waals surface area contributed by atoms with Gasteiger partial charge in [0.1, 0.15) is 0 Å². The molecule has 0 amide bonds. The van der Waals surface area contributed by atoms with E-state index in [0.29, 0.717) is 5.92 Å². The fraction of sp³-hybridized carbons (Fsp3) is 0.412. The van der Waals surface area contributed by atoms with E-state index < -0.39 is 0 Å². The second-order valence-electron chi connectivity index (χ2n) is 5.55. The van der Waals surface area contributed by atoms with E-state index in [2.05, 4.69) is 36.1 Å². The van der Waals surface area contributed by atoms with Gasteiger partial charge in [0.25, 0.3) is 0 Å². The van der Waals surface area contributed by atoms with Gasteiger partial charge in [-0.3, -0.25) is 0 Å². The standard InChI is InChI=1S/C17H21NO/c1-14(12-18-8-2-3-9-18)15-5-4-6-16(11-15)17-7-10-19-13-17/h4-7,10-11,13-14H,2-3,8-9,12H2,1H3. The molecule has 1 saturated heterocycles. The quantitative estimate of drug-likeness (QED) is 0.816. The Morgan fingerprint density at radius 3 is 2.74 bits per heavy atom. The molecular formula is C17H21NO. The van der Waals surface area contributed by atoms with Crippen LogP contribution < -0.4 is 0 Å². The molecule has 3 rings (SSSR count). The van der Waals surface area contributed by atoms with Crippen molar-refractivity contribution < 1.29 is 4.42 Å². The van der Waals surface area contributed by atoms with Crippen molar-refractivity contribution in [1.82, 2.24) is 4.90 Å². The molecule has 1 unspecified atom stereocenters. The Hall–Kier alpha value is -1.54. The molecule has 1 atom stereocenters. The molecule has 0 aliphatic carbocycles. The average molecular weight is 255 g/mol. The Morgan fingerprint density at radius 1 is 1.16 bits per heavy atom. The van der Waals surface area contributed by atoms with Crippen molar-refractivity contribution in [3.05, 3.63) is 48.4 Å². The van der Waals surface area contributed by atoms with Crippen LogP contribution >= 0.6 is 0 Å². The minimum atomic E-state index is 0.588. The summed E-state index contributed by atoms with van der Waals surface area (Å²) in [6.45, 7) is 6.04. The maximum absolute atomic E-state index is 5.17. The van der Waals surface area contributed by atoms with Gasteiger partial charge in [0.2, 0.25) is 0 Å². The molecule has 2 aromatic rings. The summed E-state index contributed by atoms with van der Waals surface area (Å²) in [5, 5.41) is 0. The summed E-state index contributed by atoms with van der Waals surface area (Å²) < 4.78 is 5.17. The van der Waals surface area contributed by atoms with E-state index in [0.717, 1.165) is 5.56 Å². The highest BCUT2D eigenvalue weighted by Crippen LogP contribution is 2.25. The molecule has 0 radical (unpaired) electrons. The summed E-state index contributed by atoms with van der Waals surface area (Å²) in [4.78, 5) is 2.58. The lowest BCUT2D eigenvalue weighted by Crippen LogP contribution is -2.24. The molecule has 1 aromatic carbocycles. The SMILES string of the molecule is CC(CN1CCCC1)c1cccc(-c2ccoc2)c1. The average Bonchev–Trinajstić information content (AvgIpc) is 3.12. The third kappa shape index (κ3) is 2.90. The highest BCUT2D eigenvalue weighted by Gasteiger charge is 2.16.